The van der Waals surface area contributed by atoms with E-state index in [2.05, 4.69) is 10.1 Å². The molecule has 0 bridgehead atoms. The monoisotopic (exact) mass is 186 g/mol. The van der Waals surface area contributed by atoms with Crippen LogP contribution in [0.2, 0.25) is 0 Å². The summed E-state index contributed by atoms with van der Waals surface area (Å²) in [6, 6.07) is 0. The van der Waals surface area contributed by atoms with Gasteiger partial charge in [-0.1, -0.05) is 5.16 Å². The molecule has 0 radical (unpaired) electrons. The van der Waals surface area contributed by atoms with E-state index in [4.69, 9.17) is 9.63 Å². The lowest BCUT2D eigenvalue weighted by molar-refractivity contribution is 0.184. The summed E-state index contributed by atoms with van der Waals surface area (Å²) in [6.07, 6.45) is -1.23. The molecule has 1 heterocycles. The highest BCUT2D eigenvalue weighted by Crippen LogP contribution is 2.49. The van der Waals surface area contributed by atoms with Gasteiger partial charge >= 0.3 is 0 Å². The first-order valence-corrected chi connectivity index (χ1v) is 4.20. The van der Waals surface area contributed by atoms with Crippen LogP contribution in [0.4, 0.5) is 4.39 Å². The van der Waals surface area contributed by atoms with Gasteiger partial charge < -0.3 is 9.63 Å². The predicted octanol–water partition coefficient (Wildman–Crippen LogP) is 1.12. The van der Waals surface area contributed by atoms with Gasteiger partial charge in [-0.2, -0.15) is 4.98 Å². The lowest BCUT2D eigenvalue weighted by atomic mass is 10.1. The largest absolute Gasteiger partial charge is 0.385 e. The number of hydrogen-bond donors (Lipinski definition) is 1. The van der Waals surface area contributed by atoms with Crippen LogP contribution in [0, 0.1) is 0 Å². The van der Waals surface area contributed by atoms with Gasteiger partial charge in [0.25, 0.3) is 0 Å². The second kappa shape index (κ2) is 2.51. The van der Waals surface area contributed by atoms with Gasteiger partial charge in [0.05, 0.1) is 5.41 Å². The fourth-order valence-electron chi connectivity index (χ4n) is 1.17. The summed E-state index contributed by atoms with van der Waals surface area (Å²) >= 11 is 0. The average Bonchev–Trinajstić information content (AvgIpc) is 2.55. The Labute approximate surface area is 74.8 Å². The average molecular weight is 186 g/mol. The highest BCUT2D eigenvalue weighted by atomic mass is 19.1. The Morgan fingerprint density at radius 3 is 2.77 bits per heavy atom. The van der Waals surface area contributed by atoms with Crippen molar-refractivity contribution in [3.63, 3.8) is 0 Å². The van der Waals surface area contributed by atoms with E-state index in [1.54, 1.807) is 6.92 Å². The molecule has 1 aromatic heterocycles. The Morgan fingerprint density at radius 2 is 2.38 bits per heavy atom. The fourth-order valence-corrected chi connectivity index (χ4v) is 1.17. The van der Waals surface area contributed by atoms with Gasteiger partial charge in [-0.25, -0.2) is 4.39 Å². The van der Waals surface area contributed by atoms with Crippen molar-refractivity contribution in [1.82, 2.24) is 10.1 Å². The van der Waals surface area contributed by atoms with E-state index in [1.165, 1.54) is 6.92 Å². The number of hydrogen-bond acceptors (Lipinski definition) is 4. The lowest BCUT2D eigenvalue weighted by Crippen LogP contribution is -2.05. The number of alkyl halides is 1. The van der Waals surface area contributed by atoms with Crippen LogP contribution in [0.3, 0.4) is 0 Å². The first-order chi connectivity index (χ1) is 6.04. The van der Waals surface area contributed by atoms with Crippen molar-refractivity contribution in [1.29, 1.82) is 0 Å². The summed E-state index contributed by atoms with van der Waals surface area (Å²) < 4.78 is 17.7. The molecule has 0 spiro atoms. The van der Waals surface area contributed by atoms with Crippen molar-refractivity contribution in [2.24, 2.45) is 0 Å². The van der Waals surface area contributed by atoms with Gasteiger partial charge in [-0.3, -0.25) is 0 Å². The van der Waals surface area contributed by atoms with E-state index in [9.17, 15) is 4.39 Å². The van der Waals surface area contributed by atoms with Crippen molar-refractivity contribution >= 4 is 0 Å². The smallest absolute Gasteiger partial charge is 0.235 e. The molecule has 1 aromatic rings. The molecule has 1 N–H and O–H groups in total. The van der Waals surface area contributed by atoms with Gasteiger partial charge in [0, 0.05) is 0 Å². The quantitative estimate of drug-likeness (QED) is 0.751. The first-order valence-electron chi connectivity index (χ1n) is 4.20. The third-order valence-corrected chi connectivity index (χ3v) is 2.44. The Morgan fingerprint density at radius 1 is 1.77 bits per heavy atom. The predicted molar refractivity (Wildman–Crippen MR) is 41.8 cm³/mol. The number of halogens is 1. The van der Waals surface area contributed by atoms with Crippen molar-refractivity contribution < 1.29 is 14.0 Å². The standard InChI is InChI=1S/C8H11FN2O2/c1-4(12)6-10-7(13-11-6)8(2)3-5(8)9/h4-5,12H,3H2,1-2H3. The Balaban J connectivity index is 2.24. The Bertz CT molecular complexity index is 326. The van der Waals surface area contributed by atoms with Crippen LogP contribution in [0.25, 0.3) is 0 Å². The molecule has 2 rings (SSSR count). The topological polar surface area (TPSA) is 59.2 Å². The van der Waals surface area contributed by atoms with Gasteiger partial charge in [0.2, 0.25) is 5.89 Å². The van der Waals surface area contributed by atoms with Gasteiger partial charge in [0.15, 0.2) is 5.82 Å². The third-order valence-electron chi connectivity index (χ3n) is 2.44. The summed E-state index contributed by atoms with van der Waals surface area (Å²) in [5, 5.41) is 12.7. The maximum absolute atomic E-state index is 12.9. The molecule has 1 aliphatic carbocycles. The molecule has 0 amide bonds. The molecule has 4 nitrogen and oxygen atoms in total. The Hall–Kier alpha value is -0.970. The van der Waals surface area contributed by atoms with Gasteiger partial charge in [-0.05, 0) is 20.3 Å². The zero-order valence-electron chi connectivity index (χ0n) is 7.49. The molecular formula is C8H11FN2O2. The molecule has 3 atom stereocenters. The summed E-state index contributed by atoms with van der Waals surface area (Å²) in [4.78, 5) is 3.93. The molecule has 72 valence electrons. The maximum Gasteiger partial charge on any atom is 0.235 e. The zero-order chi connectivity index (χ0) is 9.64. The summed E-state index contributed by atoms with van der Waals surface area (Å²) in [5.41, 5.74) is -0.611. The minimum absolute atomic E-state index is 0.218. The summed E-state index contributed by atoms with van der Waals surface area (Å²) in [6.45, 7) is 3.27. The second-order valence-corrected chi connectivity index (χ2v) is 3.72. The van der Waals surface area contributed by atoms with Crippen molar-refractivity contribution in [2.75, 3.05) is 0 Å². The summed E-state index contributed by atoms with van der Waals surface area (Å²) in [5.74, 6) is 0.506. The summed E-state index contributed by atoms with van der Waals surface area (Å²) in [7, 11) is 0. The van der Waals surface area contributed by atoms with Crippen LogP contribution in [0.15, 0.2) is 4.52 Å². The van der Waals surface area contributed by atoms with Gasteiger partial charge in [-0.15, -0.1) is 0 Å². The van der Waals surface area contributed by atoms with E-state index in [0.717, 1.165) is 0 Å². The lowest BCUT2D eigenvalue weighted by Gasteiger charge is -1.98. The van der Waals surface area contributed by atoms with Crippen molar-refractivity contribution in [2.45, 2.75) is 38.0 Å². The first kappa shape index (κ1) is 8.62. The molecule has 3 unspecified atom stereocenters. The molecule has 0 aliphatic heterocycles. The van der Waals surface area contributed by atoms with Crippen LogP contribution < -0.4 is 0 Å². The minimum atomic E-state index is -0.894. The van der Waals surface area contributed by atoms with Crippen molar-refractivity contribution in [3.8, 4) is 0 Å². The Kier molecular flexibility index (Phi) is 1.66. The van der Waals surface area contributed by atoms with Crippen LogP contribution >= 0.6 is 0 Å². The fraction of sp³-hybridized carbons (Fsp3) is 0.750. The van der Waals surface area contributed by atoms with Crippen LogP contribution in [0.1, 0.15) is 38.1 Å². The number of aliphatic hydroxyl groups excluding tert-OH is 1. The molecule has 1 saturated carbocycles. The SMILES string of the molecule is CC(O)c1noc(C2(C)CC2F)n1. The maximum atomic E-state index is 12.9. The second-order valence-electron chi connectivity index (χ2n) is 3.72. The van der Waals surface area contributed by atoms with E-state index < -0.39 is 17.7 Å². The van der Waals surface area contributed by atoms with E-state index in [-0.39, 0.29) is 11.7 Å². The van der Waals surface area contributed by atoms with Crippen LogP contribution in [-0.2, 0) is 5.41 Å². The zero-order valence-corrected chi connectivity index (χ0v) is 7.49. The molecule has 0 aromatic carbocycles. The van der Waals surface area contributed by atoms with E-state index in [0.29, 0.717) is 6.42 Å². The molecule has 1 fully saturated rings. The van der Waals surface area contributed by atoms with Crippen LogP contribution in [-0.4, -0.2) is 21.4 Å². The molecular weight excluding hydrogens is 175 g/mol. The molecule has 13 heavy (non-hydrogen) atoms. The van der Waals surface area contributed by atoms with E-state index >= 15 is 0 Å². The highest BCUT2D eigenvalue weighted by molar-refractivity contribution is 5.19. The highest BCUT2D eigenvalue weighted by Gasteiger charge is 2.57. The van der Waals surface area contributed by atoms with Gasteiger partial charge in [0.1, 0.15) is 12.3 Å². The minimum Gasteiger partial charge on any atom is -0.385 e. The van der Waals surface area contributed by atoms with Crippen LogP contribution in [0.5, 0.6) is 0 Å². The molecule has 5 heteroatoms. The molecule has 1 aliphatic rings. The number of aromatic nitrogens is 2. The third kappa shape index (κ3) is 1.23. The number of nitrogens with zero attached hydrogens (tertiary/aromatic N) is 2. The number of rotatable bonds is 2. The van der Waals surface area contributed by atoms with E-state index in [1.807, 2.05) is 0 Å². The van der Waals surface area contributed by atoms with Crippen molar-refractivity contribution in [3.05, 3.63) is 11.7 Å². The molecule has 0 saturated heterocycles. The normalized spacial score (nSPS) is 34.6. The number of aliphatic hydroxyl groups is 1.